The number of morpholine rings is 1. The summed E-state index contributed by atoms with van der Waals surface area (Å²) in [5.74, 6) is -1.35. The lowest BCUT2D eigenvalue weighted by Gasteiger charge is -2.30. The highest BCUT2D eigenvalue weighted by Crippen LogP contribution is 2.29. The van der Waals surface area contributed by atoms with Crippen molar-refractivity contribution in [3.8, 4) is 0 Å². The van der Waals surface area contributed by atoms with E-state index in [4.69, 9.17) is 19.3 Å². The molecule has 2 aliphatic rings. The summed E-state index contributed by atoms with van der Waals surface area (Å²) in [6, 6.07) is 0. The van der Waals surface area contributed by atoms with E-state index in [-0.39, 0.29) is 12.5 Å². The maximum Gasteiger partial charge on any atom is 0.303 e. The van der Waals surface area contributed by atoms with Gasteiger partial charge in [0.2, 0.25) is 0 Å². The summed E-state index contributed by atoms with van der Waals surface area (Å²) in [6.07, 6.45) is 1.36. The predicted octanol–water partition coefficient (Wildman–Crippen LogP) is 0.705. The molecule has 0 aromatic heterocycles. The standard InChI is InChI=1S/C13H23NO5/c1-13(4-5-14-6-8-17-9-7-14)18-10-11(19-13)2-3-12(15)16/h11H,2-10H2,1H3,(H,15,16). The average Bonchev–Trinajstić information content (AvgIpc) is 2.78. The largest absolute Gasteiger partial charge is 0.481 e. The predicted molar refractivity (Wildman–Crippen MR) is 68.0 cm³/mol. The van der Waals surface area contributed by atoms with Gasteiger partial charge in [0.1, 0.15) is 0 Å². The Morgan fingerprint density at radius 3 is 2.84 bits per heavy atom. The molecule has 0 saturated carbocycles. The van der Waals surface area contributed by atoms with E-state index < -0.39 is 11.8 Å². The highest BCUT2D eigenvalue weighted by atomic mass is 16.7. The number of aliphatic carboxylic acids is 1. The summed E-state index contributed by atoms with van der Waals surface area (Å²) >= 11 is 0. The van der Waals surface area contributed by atoms with Gasteiger partial charge in [0, 0.05) is 32.5 Å². The number of ether oxygens (including phenoxy) is 3. The van der Waals surface area contributed by atoms with Crippen LogP contribution in [0.4, 0.5) is 0 Å². The van der Waals surface area contributed by atoms with Crippen molar-refractivity contribution in [3.05, 3.63) is 0 Å². The number of rotatable bonds is 6. The van der Waals surface area contributed by atoms with Crippen molar-refractivity contribution in [3.63, 3.8) is 0 Å². The smallest absolute Gasteiger partial charge is 0.303 e. The fraction of sp³-hybridized carbons (Fsp3) is 0.923. The van der Waals surface area contributed by atoms with Gasteiger partial charge in [-0.15, -0.1) is 0 Å². The van der Waals surface area contributed by atoms with E-state index in [9.17, 15) is 4.79 Å². The number of carbonyl (C=O) groups is 1. The summed E-state index contributed by atoms with van der Waals surface area (Å²) in [5.41, 5.74) is 0. The van der Waals surface area contributed by atoms with Crippen LogP contribution < -0.4 is 0 Å². The van der Waals surface area contributed by atoms with E-state index in [1.165, 1.54) is 0 Å². The molecule has 2 heterocycles. The van der Waals surface area contributed by atoms with Crippen LogP contribution in [0.25, 0.3) is 0 Å². The van der Waals surface area contributed by atoms with Crippen molar-refractivity contribution in [2.75, 3.05) is 39.5 Å². The van der Waals surface area contributed by atoms with E-state index in [0.717, 1.165) is 39.3 Å². The molecule has 2 atom stereocenters. The zero-order valence-electron chi connectivity index (χ0n) is 11.5. The maximum atomic E-state index is 10.5. The van der Waals surface area contributed by atoms with Crippen LogP contribution in [0.1, 0.15) is 26.2 Å². The molecule has 0 aromatic rings. The van der Waals surface area contributed by atoms with Crippen molar-refractivity contribution < 1.29 is 24.1 Å². The van der Waals surface area contributed by atoms with Crippen molar-refractivity contribution in [1.82, 2.24) is 4.90 Å². The SMILES string of the molecule is CC1(CCN2CCOCC2)OCC(CCC(=O)O)O1. The quantitative estimate of drug-likeness (QED) is 0.768. The molecule has 110 valence electrons. The molecular formula is C13H23NO5. The van der Waals surface area contributed by atoms with Gasteiger partial charge in [-0.2, -0.15) is 0 Å². The molecule has 2 unspecified atom stereocenters. The summed E-state index contributed by atoms with van der Waals surface area (Å²) in [6.45, 7) is 6.85. The normalized spacial score (nSPS) is 32.6. The number of carboxylic acids is 1. The summed E-state index contributed by atoms with van der Waals surface area (Å²) in [4.78, 5) is 12.9. The third kappa shape index (κ3) is 4.72. The molecule has 6 heteroatoms. The fourth-order valence-corrected chi connectivity index (χ4v) is 2.43. The van der Waals surface area contributed by atoms with Gasteiger partial charge in [0.05, 0.1) is 25.9 Å². The highest BCUT2D eigenvalue weighted by molar-refractivity contribution is 5.66. The lowest BCUT2D eigenvalue weighted by Crippen LogP contribution is -2.40. The number of carboxylic acid groups (broad SMARTS) is 1. The number of nitrogens with zero attached hydrogens (tertiary/aromatic N) is 1. The molecule has 0 bridgehead atoms. The lowest BCUT2D eigenvalue weighted by atomic mass is 10.2. The molecule has 0 aromatic carbocycles. The Labute approximate surface area is 113 Å². The second-order valence-electron chi connectivity index (χ2n) is 5.32. The van der Waals surface area contributed by atoms with Gasteiger partial charge < -0.3 is 19.3 Å². The highest BCUT2D eigenvalue weighted by Gasteiger charge is 2.37. The fourth-order valence-electron chi connectivity index (χ4n) is 2.43. The van der Waals surface area contributed by atoms with Gasteiger partial charge in [0.15, 0.2) is 5.79 Å². The van der Waals surface area contributed by atoms with Gasteiger partial charge in [-0.25, -0.2) is 0 Å². The van der Waals surface area contributed by atoms with Crippen molar-refractivity contribution >= 4 is 5.97 Å². The van der Waals surface area contributed by atoms with E-state index in [2.05, 4.69) is 4.90 Å². The lowest BCUT2D eigenvalue weighted by molar-refractivity contribution is -0.163. The van der Waals surface area contributed by atoms with Gasteiger partial charge in [0.25, 0.3) is 0 Å². The van der Waals surface area contributed by atoms with Gasteiger partial charge in [-0.3, -0.25) is 9.69 Å². The van der Waals surface area contributed by atoms with Crippen molar-refractivity contribution in [2.24, 2.45) is 0 Å². The van der Waals surface area contributed by atoms with Crippen LogP contribution in [-0.4, -0.2) is 67.3 Å². The monoisotopic (exact) mass is 273 g/mol. The Kier molecular flexibility index (Phi) is 5.15. The van der Waals surface area contributed by atoms with Crippen LogP contribution in [0.5, 0.6) is 0 Å². The van der Waals surface area contributed by atoms with Crippen LogP contribution in [0.2, 0.25) is 0 Å². The van der Waals surface area contributed by atoms with E-state index in [0.29, 0.717) is 13.0 Å². The number of hydrogen-bond donors (Lipinski definition) is 1. The molecular weight excluding hydrogens is 250 g/mol. The van der Waals surface area contributed by atoms with E-state index >= 15 is 0 Å². The minimum Gasteiger partial charge on any atom is -0.481 e. The molecule has 0 amide bonds. The first-order valence-electron chi connectivity index (χ1n) is 6.91. The van der Waals surface area contributed by atoms with Gasteiger partial charge >= 0.3 is 5.97 Å². The molecule has 6 nitrogen and oxygen atoms in total. The molecule has 2 rings (SSSR count). The molecule has 0 radical (unpaired) electrons. The first-order chi connectivity index (χ1) is 9.07. The zero-order chi connectivity index (χ0) is 13.7. The summed E-state index contributed by atoms with van der Waals surface area (Å²) in [7, 11) is 0. The molecule has 1 N–H and O–H groups in total. The van der Waals surface area contributed by atoms with E-state index in [1.54, 1.807) is 0 Å². The molecule has 0 spiro atoms. The van der Waals surface area contributed by atoms with Crippen molar-refractivity contribution in [1.29, 1.82) is 0 Å². The second-order valence-corrected chi connectivity index (χ2v) is 5.32. The van der Waals surface area contributed by atoms with Gasteiger partial charge in [-0.1, -0.05) is 0 Å². The Bertz CT molecular complexity index is 305. The first kappa shape index (κ1) is 14.7. The minimum atomic E-state index is -0.787. The van der Waals surface area contributed by atoms with Crippen LogP contribution in [0.3, 0.4) is 0 Å². The van der Waals surface area contributed by atoms with Gasteiger partial charge in [-0.05, 0) is 13.3 Å². The third-order valence-corrected chi connectivity index (χ3v) is 3.66. The van der Waals surface area contributed by atoms with Crippen molar-refractivity contribution in [2.45, 2.75) is 38.1 Å². The Hall–Kier alpha value is -0.690. The molecule has 2 saturated heterocycles. The maximum absolute atomic E-state index is 10.5. The Balaban J connectivity index is 1.69. The van der Waals surface area contributed by atoms with Crippen LogP contribution in [0.15, 0.2) is 0 Å². The Morgan fingerprint density at radius 2 is 2.16 bits per heavy atom. The average molecular weight is 273 g/mol. The number of hydrogen-bond acceptors (Lipinski definition) is 5. The van der Waals surface area contributed by atoms with Crippen LogP contribution in [0, 0.1) is 0 Å². The summed E-state index contributed by atoms with van der Waals surface area (Å²) < 4.78 is 16.9. The first-order valence-corrected chi connectivity index (χ1v) is 6.91. The molecule has 0 aliphatic carbocycles. The third-order valence-electron chi connectivity index (χ3n) is 3.66. The van der Waals surface area contributed by atoms with Crippen LogP contribution >= 0.6 is 0 Å². The topological polar surface area (TPSA) is 68.2 Å². The molecule has 19 heavy (non-hydrogen) atoms. The minimum absolute atomic E-state index is 0.0919. The Morgan fingerprint density at radius 1 is 1.42 bits per heavy atom. The van der Waals surface area contributed by atoms with E-state index in [1.807, 2.05) is 6.92 Å². The van der Waals surface area contributed by atoms with Crippen LogP contribution in [-0.2, 0) is 19.0 Å². The zero-order valence-corrected chi connectivity index (χ0v) is 11.5. The molecule has 2 aliphatic heterocycles. The second kappa shape index (κ2) is 6.65. The molecule has 2 fully saturated rings. The summed E-state index contributed by atoms with van der Waals surface area (Å²) in [5, 5.41) is 8.66.